The molecule has 1 aliphatic heterocycles. The second-order valence-corrected chi connectivity index (χ2v) is 4.90. The van der Waals surface area contributed by atoms with Gasteiger partial charge in [-0.15, -0.1) is 0 Å². The van der Waals surface area contributed by atoms with Crippen molar-refractivity contribution in [3.05, 3.63) is 0 Å². The average Bonchev–Trinajstić information content (AvgIpc) is 2.26. The summed E-state index contributed by atoms with van der Waals surface area (Å²) in [5.74, 6) is 2.41. The summed E-state index contributed by atoms with van der Waals surface area (Å²) < 4.78 is 4.51. The van der Waals surface area contributed by atoms with Crippen molar-refractivity contribution in [2.75, 3.05) is 18.6 Å². The number of ether oxygens (including phenoxy) is 1. The van der Waals surface area contributed by atoms with E-state index in [4.69, 9.17) is 0 Å². The Morgan fingerprint density at radius 3 is 2.47 bits per heavy atom. The van der Waals surface area contributed by atoms with Gasteiger partial charge in [0.2, 0.25) is 0 Å². The third-order valence-electron chi connectivity index (χ3n) is 2.63. The largest absolute Gasteiger partial charge is 0.453 e. The van der Waals surface area contributed by atoms with Gasteiger partial charge in [0.1, 0.15) is 0 Å². The number of amides is 1. The minimum Gasteiger partial charge on any atom is -0.453 e. The van der Waals surface area contributed by atoms with Crippen LogP contribution in [0.4, 0.5) is 4.79 Å². The summed E-state index contributed by atoms with van der Waals surface area (Å²) in [5.41, 5.74) is 0. The fourth-order valence-corrected chi connectivity index (χ4v) is 2.93. The lowest BCUT2D eigenvalue weighted by Gasteiger charge is -2.28. The summed E-state index contributed by atoms with van der Waals surface area (Å²) in [4.78, 5) is 22.5. The minimum atomic E-state index is -0.520. The average molecular weight is 231 g/mol. The molecule has 1 aliphatic rings. The zero-order valence-electron chi connectivity index (χ0n) is 9.12. The van der Waals surface area contributed by atoms with Crippen molar-refractivity contribution in [2.45, 2.75) is 25.8 Å². The number of rotatable bonds is 3. The summed E-state index contributed by atoms with van der Waals surface area (Å²) in [7, 11) is 1.31. The number of Topliss-reactive ketones (excluding diaryl/α,β-unsaturated/α-hetero) is 1. The molecule has 86 valence electrons. The van der Waals surface area contributed by atoms with E-state index in [-0.39, 0.29) is 17.7 Å². The van der Waals surface area contributed by atoms with Gasteiger partial charge in [0.15, 0.2) is 5.78 Å². The lowest BCUT2D eigenvalue weighted by molar-refractivity contribution is -0.120. The predicted octanol–water partition coefficient (Wildman–Crippen LogP) is 1.44. The lowest BCUT2D eigenvalue weighted by Crippen LogP contribution is -2.46. The second kappa shape index (κ2) is 6.00. The van der Waals surface area contributed by atoms with Crippen molar-refractivity contribution in [3.63, 3.8) is 0 Å². The molecule has 1 saturated heterocycles. The van der Waals surface area contributed by atoms with Crippen molar-refractivity contribution >= 4 is 23.6 Å². The Balaban J connectivity index is 2.55. The molecule has 15 heavy (non-hydrogen) atoms. The Labute approximate surface area is 94.1 Å². The van der Waals surface area contributed by atoms with Crippen molar-refractivity contribution in [1.82, 2.24) is 5.32 Å². The van der Waals surface area contributed by atoms with Crippen LogP contribution in [0.3, 0.4) is 0 Å². The van der Waals surface area contributed by atoms with Crippen LogP contribution in [-0.2, 0) is 9.53 Å². The molecule has 0 saturated carbocycles. The number of nitrogens with one attached hydrogen (secondary N) is 1. The summed E-state index contributed by atoms with van der Waals surface area (Å²) in [6.45, 7) is 1.52. The van der Waals surface area contributed by atoms with Crippen LogP contribution in [0.15, 0.2) is 0 Å². The van der Waals surface area contributed by atoms with Gasteiger partial charge in [0.05, 0.1) is 13.2 Å². The Morgan fingerprint density at radius 1 is 1.40 bits per heavy atom. The highest BCUT2D eigenvalue weighted by Gasteiger charge is 2.28. The number of carbonyl (C=O) groups excluding carboxylic acids is 2. The molecule has 1 fully saturated rings. The van der Waals surface area contributed by atoms with Gasteiger partial charge in [-0.2, -0.15) is 11.8 Å². The van der Waals surface area contributed by atoms with E-state index in [2.05, 4.69) is 10.1 Å². The third kappa shape index (κ3) is 3.74. The van der Waals surface area contributed by atoms with Gasteiger partial charge in [-0.05, 0) is 37.2 Å². The van der Waals surface area contributed by atoms with Crippen molar-refractivity contribution in [2.24, 2.45) is 5.92 Å². The first-order valence-corrected chi connectivity index (χ1v) is 6.23. The van der Waals surface area contributed by atoms with Gasteiger partial charge in [-0.3, -0.25) is 4.79 Å². The van der Waals surface area contributed by atoms with Gasteiger partial charge in [0, 0.05) is 0 Å². The molecular formula is C10H17NO3S. The van der Waals surface area contributed by atoms with Crippen LogP contribution in [0.1, 0.15) is 19.8 Å². The van der Waals surface area contributed by atoms with Gasteiger partial charge >= 0.3 is 6.09 Å². The van der Waals surface area contributed by atoms with Crippen LogP contribution in [0.5, 0.6) is 0 Å². The predicted molar refractivity (Wildman–Crippen MR) is 60.1 cm³/mol. The molecule has 1 atom stereocenters. The molecular weight excluding hydrogens is 214 g/mol. The van der Waals surface area contributed by atoms with Crippen LogP contribution in [0.2, 0.25) is 0 Å². The van der Waals surface area contributed by atoms with Crippen LogP contribution in [0.25, 0.3) is 0 Å². The summed E-state index contributed by atoms with van der Waals surface area (Å²) in [6.07, 6.45) is 1.45. The highest BCUT2D eigenvalue weighted by atomic mass is 32.2. The number of carbonyl (C=O) groups is 2. The maximum absolute atomic E-state index is 11.4. The lowest BCUT2D eigenvalue weighted by atomic mass is 9.91. The number of ketones is 1. The van der Waals surface area contributed by atoms with Crippen LogP contribution >= 0.6 is 11.8 Å². The first-order chi connectivity index (χ1) is 7.15. The first-order valence-electron chi connectivity index (χ1n) is 5.08. The zero-order chi connectivity index (χ0) is 11.3. The maximum atomic E-state index is 11.4. The van der Waals surface area contributed by atoms with Crippen molar-refractivity contribution < 1.29 is 14.3 Å². The van der Waals surface area contributed by atoms with Crippen molar-refractivity contribution in [3.8, 4) is 0 Å². The molecule has 1 heterocycles. The van der Waals surface area contributed by atoms with E-state index in [9.17, 15) is 9.59 Å². The number of hydrogen-bond donors (Lipinski definition) is 1. The van der Waals surface area contributed by atoms with Gasteiger partial charge in [-0.1, -0.05) is 0 Å². The van der Waals surface area contributed by atoms with Crippen LogP contribution in [-0.4, -0.2) is 36.5 Å². The van der Waals surface area contributed by atoms with Crippen LogP contribution < -0.4 is 5.32 Å². The Bertz CT molecular complexity index is 239. The molecule has 1 N–H and O–H groups in total. The van der Waals surface area contributed by atoms with E-state index in [0.29, 0.717) is 0 Å². The Kier molecular flexibility index (Phi) is 4.94. The zero-order valence-corrected chi connectivity index (χ0v) is 9.93. The molecule has 0 aliphatic carbocycles. The molecule has 0 unspecified atom stereocenters. The summed E-state index contributed by atoms with van der Waals surface area (Å²) in [6, 6.07) is -0.377. The molecule has 0 aromatic heterocycles. The molecule has 0 aromatic rings. The van der Waals surface area contributed by atoms with E-state index in [1.807, 2.05) is 11.8 Å². The summed E-state index contributed by atoms with van der Waals surface area (Å²) in [5, 5.41) is 2.62. The monoisotopic (exact) mass is 231 g/mol. The molecule has 0 bridgehead atoms. The number of alkyl carbamates (subject to hydrolysis) is 1. The number of methoxy groups -OCH3 is 1. The topological polar surface area (TPSA) is 55.4 Å². The minimum absolute atomic E-state index is 0.0114. The molecule has 1 rings (SSSR count). The smallest absolute Gasteiger partial charge is 0.407 e. The van der Waals surface area contributed by atoms with Gasteiger partial charge < -0.3 is 10.1 Å². The van der Waals surface area contributed by atoms with Crippen molar-refractivity contribution in [1.29, 1.82) is 0 Å². The number of hydrogen-bond acceptors (Lipinski definition) is 4. The van der Waals surface area contributed by atoms with E-state index < -0.39 is 6.09 Å². The quantitative estimate of drug-likeness (QED) is 0.798. The van der Waals surface area contributed by atoms with Gasteiger partial charge in [0.25, 0.3) is 0 Å². The fourth-order valence-electron chi connectivity index (χ4n) is 1.79. The summed E-state index contributed by atoms with van der Waals surface area (Å²) >= 11 is 1.90. The molecule has 0 radical (unpaired) electrons. The van der Waals surface area contributed by atoms with Gasteiger partial charge in [-0.25, -0.2) is 4.79 Å². The molecule has 5 heteroatoms. The SMILES string of the molecule is COC(=O)N[C@H](C(C)=O)C1CCSCC1. The van der Waals surface area contributed by atoms with E-state index in [0.717, 1.165) is 24.3 Å². The molecule has 4 nitrogen and oxygen atoms in total. The maximum Gasteiger partial charge on any atom is 0.407 e. The van der Waals surface area contributed by atoms with Crippen LogP contribution in [0, 0.1) is 5.92 Å². The second-order valence-electron chi connectivity index (χ2n) is 3.67. The normalized spacial score (nSPS) is 19.3. The Morgan fingerprint density at radius 2 is 2.00 bits per heavy atom. The highest BCUT2D eigenvalue weighted by molar-refractivity contribution is 7.99. The van der Waals surface area contributed by atoms with E-state index >= 15 is 0 Å². The Hall–Kier alpha value is -0.710. The fraction of sp³-hybridized carbons (Fsp3) is 0.800. The standard InChI is InChI=1S/C10H17NO3S/c1-7(12)9(11-10(13)14-2)8-3-5-15-6-4-8/h8-9H,3-6H2,1-2H3,(H,11,13)/t9-/m1/s1. The first kappa shape index (κ1) is 12.4. The molecule has 0 aromatic carbocycles. The van der Waals surface area contributed by atoms with E-state index in [1.165, 1.54) is 14.0 Å². The van der Waals surface area contributed by atoms with E-state index in [1.54, 1.807) is 0 Å². The number of thioether (sulfide) groups is 1. The highest BCUT2D eigenvalue weighted by Crippen LogP contribution is 2.25. The molecule has 0 spiro atoms. The molecule has 1 amide bonds. The third-order valence-corrected chi connectivity index (χ3v) is 3.68.